The number of ether oxygens (including phenoxy) is 1. The Labute approximate surface area is 153 Å². The van der Waals surface area contributed by atoms with Crippen LogP contribution >= 0.6 is 0 Å². The number of hydrogen-bond acceptors (Lipinski definition) is 4. The van der Waals surface area contributed by atoms with Gasteiger partial charge in [0.1, 0.15) is 6.04 Å². The van der Waals surface area contributed by atoms with Gasteiger partial charge in [-0.15, -0.1) is 0 Å². The van der Waals surface area contributed by atoms with Crippen LogP contribution in [0.25, 0.3) is 0 Å². The highest BCUT2D eigenvalue weighted by atomic mass is 16.5. The smallest absolute Gasteiger partial charge is 0.319 e. The van der Waals surface area contributed by atoms with E-state index in [4.69, 9.17) is 4.74 Å². The lowest BCUT2D eigenvalue weighted by Gasteiger charge is -2.22. The Morgan fingerprint density at radius 3 is 2.42 bits per heavy atom. The third-order valence-corrected chi connectivity index (χ3v) is 3.74. The van der Waals surface area contributed by atoms with Crippen LogP contribution in [0.4, 0.5) is 10.5 Å². The van der Waals surface area contributed by atoms with Crippen LogP contribution in [-0.4, -0.2) is 30.1 Å². The summed E-state index contributed by atoms with van der Waals surface area (Å²) in [7, 11) is 1.54. The summed E-state index contributed by atoms with van der Waals surface area (Å²) in [6.07, 6.45) is 1.64. The van der Waals surface area contributed by atoms with Crippen LogP contribution in [0, 0.1) is 5.92 Å². The summed E-state index contributed by atoms with van der Waals surface area (Å²) in [5, 5.41) is 8.26. The maximum absolute atomic E-state index is 12.5. The van der Waals surface area contributed by atoms with E-state index in [9.17, 15) is 9.59 Å². The standard InChI is InChI=1S/C19H24N4O3/c1-13(2)17(23-19(25)22-15-7-5-4-6-8-15)18(24)21-12-14-9-10-16(26-3)20-11-14/h4-11,13,17H,12H2,1-3H3,(H,21,24)(H2,22,23,25)/t17-/m1/s1. The van der Waals surface area contributed by atoms with Gasteiger partial charge in [-0.25, -0.2) is 9.78 Å². The zero-order valence-corrected chi connectivity index (χ0v) is 15.2. The normalized spacial score (nSPS) is 11.5. The maximum atomic E-state index is 12.5. The molecule has 0 bridgehead atoms. The van der Waals surface area contributed by atoms with Crippen LogP contribution in [0.15, 0.2) is 48.7 Å². The zero-order valence-electron chi connectivity index (χ0n) is 15.2. The summed E-state index contributed by atoms with van der Waals surface area (Å²) in [6, 6.07) is 11.6. The fourth-order valence-electron chi connectivity index (χ4n) is 2.30. The molecule has 26 heavy (non-hydrogen) atoms. The number of nitrogens with one attached hydrogen (secondary N) is 3. The van der Waals surface area contributed by atoms with Crippen LogP contribution in [0.2, 0.25) is 0 Å². The molecule has 3 amide bonds. The fraction of sp³-hybridized carbons (Fsp3) is 0.316. The number of pyridine rings is 1. The highest BCUT2D eigenvalue weighted by molar-refractivity contribution is 5.93. The van der Waals surface area contributed by atoms with E-state index in [0.29, 0.717) is 18.1 Å². The number of carbonyl (C=O) groups is 2. The molecule has 3 N–H and O–H groups in total. The predicted octanol–water partition coefficient (Wildman–Crippen LogP) is 2.55. The Kier molecular flexibility index (Phi) is 6.96. The molecule has 0 radical (unpaired) electrons. The summed E-state index contributed by atoms with van der Waals surface area (Å²) in [5.74, 6) is 0.198. The number of hydrogen-bond donors (Lipinski definition) is 3. The van der Waals surface area contributed by atoms with Gasteiger partial charge >= 0.3 is 6.03 Å². The monoisotopic (exact) mass is 356 g/mol. The molecule has 0 aliphatic rings. The molecular formula is C19H24N4O3. The zero-order chi connectivity index (χ0) is 18.9. The van der Waals surface area contributed by atoms with Gasteiger partial charge in [-0.1, -0.05) is 38.1 Å². The van der Waals surface area contributed by atoms with Gasteiger partial charge in [0.05, 0.1) is 7.11 Å². The van der Waals surface area contributed by atoms with Crippen molar-refractivity contribution in [1.29, 1.82) is 0 Å². The van der Waals surface area contributed by atoms with Crippen LogP contribution < -0.4 is 20.7 Å². The lowest BCUT2D eigenvalue weighted by molar-refractivity contribution is -0.124. The Morgan fingerprint density at radius 2 is 1.85 bits per heavy atom. The minimum atomic E-state index is -0.648. The molecule has 7 heteroatoms. The number of methoxy groups -OCH3 is 1. The second kappa shape index (κ2) is 9.41. The molecule has 1 atom stereocenters. The van der Waals surface area contributed by atoms with E-state index in [0.717, 1.165) is 5.56 Å². The molecule has 0 aliphatic carbocycles. The van der Waals surface area contributed by atoms with Crippen molar-refractivity contribution in [2.45, 2.75) is 26.4 Å². The lowest BCUT2D eigenvalue weighted by atomic mass is 10.0. The van der Waals surface area contributed by atoms with Gasteiger partial charge in [-0.05, 0) is 23.6 Å². The van der Waals surface area contributed by atoms with E-state index in [1.54, 1.807) is 31.5 Å². The van der Waals surface area contributed by atoms with Crippen LogP contribution in [0.1, 0.15) is 19.4 Å². The summed E-state index contributed by atoms with van der Waals surface area (Å²) in [5.41, 5.74) is 1.51. The minimum Gasteiger partial charge on any atom is -0.481 e. The van der Waals surface area contributed by atoms with E-state index in [1.807, 2.05) is 38.1 Å². The number of para-hydroxylation sites is 1. The molecular weight excluding hydrogens is 332 g/mol. The van der Waals surface area contributed by atoms with Crippen molar-refractivity contribution in [2.75, 3.05) is 12.4 Å². The SMILES string of the molecule is COc1ccc(CNC(=O)[C@H](NC(=O)Nc2ccccc2)C(C)C)cn1. The number of amides is 3. The third kappa shape index (κ3) is 5.77. The van der Waals surface area contributed by atoms with Gasteiger partial charge in [-0.3, -0.25) is 4.79 Å². The summed E-state index contributed by atoms with van der Waals surface area (Å²) in [6.45, 7) is 4.07. The van der Waals surface area contributed by atoms with Crippen molar-refractivity contribution in [2.24, 2.45) is 5.92 Å². The number of carbonyl (C=O) groups excluding carboxylic acids is 2. The number of rotatable bonds is 7. The van der Waals surface area contributed by atoms with E-state index >= 15 is 0 Å². The number of urea groups is 1. The summed E-state index contributed by atoms with van der Waals surface area (Å²) in [4.78, 5) is 28.7. The second-order valence-electron chi connectivity index (χ2n) is 6.11. The Hall–Kier alpha value is -3.09. The Bertz CT molecular complexity index is 717. The van der Waals surface area contributed by atoms with Gasteiger partial charge in [0.25, 0.3) is 0 Å². The molecule has 0 saturated carbocycles. The molecule has 1 heterocycles. The van der Waals surface area contributed by atoms with Crippen molar-refractivity contribution >= 4 is 17.6 Å². The molecule has 1 aromatic heterocycles. The largest absolute Gasteiger partial charge is 0.481 e. The second-order valence-corrected chi connectivity index (χ2v) is 6.11. The number of benzene rings is 1. The molecule has 2 rings (SSSR count). The van der Waals surface area contributed by atoms with Crippen LogP contribution in [0.3, 0.4) is 0 Å². The van der Waals surface area contributed by atoms with Crippen molar-refractivity contribution < 1.29 is 14.3 Å². The van der Waals surface area contributed by atoms with E-state index in [-0.39, 0.29) is 11.8 Å². The molecule has 0 saturated heterocycles. The number of nitrogens with zero attached hydrogens (tertiary/aromatic N) is 1. The highest BCUT2D eigenvalue weighted by Crippen LogP contribution is 2.08. The van der Waals surface area contributed by atoms with Crippen molar-refractivity contribution in [3.8, 4) is 5.88 Å². The third-order valence-electron chi connectivity index (χ3n) is 3.74. The molecule has 0 fully saturated rings. The number of aromatic nitrogens is 1. The molecule has 0 aliphatic heterocycles. The Balaban J connectivity index is 1.90. The first kappa shape index (κ1) is 19.2. The van der Waals surface area contributed by atoms with E-state index in [1.165, 1.54) is 0 Å². The first-order valence-corrected chi connectivity index (χ1v) is 8.38. The van der Waals surface area contributed by atoms with Crippen molar-refractivity contribution in [3.05, 3.63) is 54.2 Å². The topological polar surface area (TPSA) is 92.4 Å². The molecule has 0 spiro atoms. The average Bonchev–Trinajstić information content (AvgIpc) is 2.65. The molecule has 0 unspecified atom stereocenters. The number of anilines is 1. The molecule has 138 valence electrons. The Morgan fingerprint density at radius 1 is 1.12 bits per heavy atom. The van der Waals surface area contributed by atoms with Crippen molar-refractivity contribution in [1.82, 2.24) is 15.6 Å². The first-order valence-electron chi connectivity index (χ1n) is 8.38. The minimum absolute atomic E-state index is 0.0643. The fourth-order valence-corrected chi connectivity index (χ4v) is 2.30. The predicted molar refractivity (Wildman–Crippen MR) is 99.9 cm³/mol. The van der Waals surface area contributed by atoms with E-state index < -0.39 is 12.1 Å². The van der Waals surface area contributed by atoms with E-state index in [2.05, 4.69) is 20.9 Å². The molecule has 2 aromatic rings. The van der Waals surface area contributed by atoms with Crippen molar-refractivity contribution in [3.63, 3.8) is 0 Å². The quantitative estimate of drug-likeness (QED) is 0.711. The summed E-state index contributed by atoms with van der Waals surface area (Å²) >= 11 is 0. The van der Waals surface area contributed by atoms with Gasteiger partial charge < -0.3 is 20.7 Å². The molecule has 1 aromatic carbocycles. The lowest BCUT2D eigenvalue weighted by Crippen LogP contribution is -2.50. The average molecular weight is 356 g/mol. The van der Waals surface area contributed by atoms with Crippen LogP contribution in [-0.2, 0) is 11.3 Å². The highest BCUT2D eigenvalue weighted by Gasteiger charge is 2.24. The molecule has 7 nitrogen and oxygen atoms in total. The van der Waals surface area contributed by atoms with Gasteiger partial charge in [0, 0.05) is 24.5 Å². The summed E-state index contributed by atoms with van der Waals surface area (Å²) < 4.78 is 5.00. The first-order chi connectivity index (χ1) is 12.5. The maximum Gasteiger partial charge on any atom is 0.319 e. The van der Waals surface area contributed by atoms with Gasteiger partial charge in [0.15, 0.2) is 0 Å². The van der Waals surface area contributed by atoms with Crippen LogP contribution in [0.5, 0.6) is 5.88 Å². The van der Waals surface area contributed by atoms with Gasteiger partial charge in [0.2, 0.25) is 11.8 Å². The van der Waals surface area contributed by atoms with Gasteiger partial charge in [-0.2, -0.15) is 0 Å².